The Balaban J connectivity index is 1.14. The minimum atomic E-state index is 0.135. The molecule has 5 aromatic rings. The van der Waals surface area contributed by atoms with Crippen LogP contribution < -0.4 is 4.90 Å². The first-order chi connectivity index (χ1) is 17.7. The van der Waals surface area contributed by atoms with Crippen molar-refractivity contribution in [1.29, 1.82) is 0 Å². The molecule has 36 heavy (non-hydrogen) atoms. The van der Waals surface area contributed by atoms with Gasteiger partial charge in [-0.2, -0.15) is 5.10 Å². The number of nitrogens with zero attached hydrogens (tertiary/aromatic N) is 4. The van der Waals surface area contributed by atoms with E-state index in [2.05, 4.69) is 48.2 Å². The molecule has 0 spiro atoms. The molecular weight excluding hydrogens is 452 g/mol. The quantitative estimate of drug-likeness (QED) is 0.364. The molecule has 0 unspecified atom stereocenters. The molecule has 0 saturated carbocycles. The lowest BCUT2D eigenvalue weighted by atomic mass is 10.0. The lowest BCUT2D eigenvalue weighted by Gasteiger charge is -2.28. The molecule has 0 bridgehead atoms. The van der Waals surface area contributed by atoms with Gasteiger partial charge in [-0.1, -0.05) is 24.3 Å². The smallest absolute Gasteiger partial charge is 0.143 e. The Bertz CT molecular complexity index is 1480. The van der Waals surface area contributed by atoms with Gasteiger partial charge < -0.3 is 14.6 Å². The number of rotatable bonds is 7. The highest BCUT2D eigenvalue weighted by Crippen LogP contribution is 2.30. The summed E-state index contributed by atoms with van der Waals surface area (Å²) < 4.78 is 5.49. The van der Waals surface area contributed by atoms with Gasteiger partial charge in [0.1, 0.15) is 11.6 Å². The maximum atomic E-state index is 12.7. The predicted molar refractivity (Wildman–Crippen MR) is 139 cm³/mol. The number of nitrogens with one attached hydrogen (secondary N) is 2. The second-order valence-electron chi connectivity index (χ2n) is 8.99. The summed E-state index contributed by atoms with van der Waals surface area (Å²) in [6, 6.07) is 18.1. The molecule has 8 nitrogen and oxygen atoms in total. The monoisotopic (exact) mass is 478 g/mol. The number of H-pyrrole nitrogens is 2. The Morgan fingerprint density at radius 2 is 1.83 bits per heavy atom. The number of benzene rings is 1. The van der Waals surface area contributed by atoms with Crippen LogP contribution in [-0.2, 0) is 22.4 Å². The molecule has 6 rings (SSSR count). The summed E-state index contributed by atoms with van der Waals surface area (Å²) in [4.78, 5) is 27.3. The number of pyridine rings is 2. The Morgan fingerprint density at radius 3 is 2.64 bits per heavy atom. The highest BCUT2D eigenvalue weighted by atomic mass is 16.5. The van der Waals surface area contributed by atoms with Crippen molar-refractivity contribution < 1.29 is 9.53 Å². The third-order valence-electron chi connectivity index (χ3n) is 6.48. The summed E-state index contributed by atoms with van der Waals surface area (Å²) in [7, 11) is 0. The normalized spacial score (nSPS) is 13.8. The maximum absolute atomic E-state index is 12.7. The molecule has 0 radical (unpaired) electrons. The van der Waals surface area contributed by atoms with Crippen LogP contribution >= 0.6 is 0 Å². The van der Waals surface area contributed by atoms with Crippen molar-refractivity contribution in [2.24, 2.45) is 0 Å². The molecular formula is C28H26N6O2. The van der Waals surface area contributed by atoms with Crippen molar-refractivity contribution in [1.82, 2.24) is 25.1 Å². The van der Waals surface area contributed by atoms with Gasteiger partial charge in [-0.25, -0.2) is 4.98 Å². The summed E-state index contributed by atoms with van der Waals surface area (Å²) in [5.41, 5.74) is 6.68. The number of hydrogen-bond donors (Lipinski definition) is 2. The number of Topliss-reactive ketones (excluding diaryl/α,β-unsaturated/α-hetero) is 1. The van der Waals surface area contributed by atoms with Crippen LogP contribution in [0.25, 0.3) is 33.4 Å². The fraction of sp³-hybridized carbons (Fsp3) is 0.214. The fourth-order valence-electron chi connectivity index (χ4n) is 4.64. The number of aromatic amines is 2. The summed E-state index contributed by atoms with van der Waals surface area (Å²) >= 11 is 0. The van der Waals surface area contributed by atoms with Crippen molar-refractivity contribution in [3.05, 3.63) is 84.4 Å². The van der Waals surface area contributed by atoms with Crippen LogP contribution in [0.15, 0.2) is 73.2 Å². The number of morpholine rings is 1. The van der Waals surface area contributed by atoms with Crippen LogP contribution in [0.3, 0.4) is 0 Å². The number of aromatic nitrogens is 5. The van der Waals surface area contributed by atoms with E-state index in [1.54, 1.807) is 12.4 Å². The molecule has 5 heterocycles. The molecule has 0 atom stereocenters. The van der Waals surface area contributed by atoms with E-state index in [1.807, 2.05) is 42.6 Å². The largest absolute Gasteiger partial charge is 0.378 e. The zero-order valence-corrected chi connectivity index (χ0v) is 19.8. The first-order valence-electron chi connectivity index (χ1n) is 12.1. The zero-order chi connectivity index (χ0) is 24.3. The minimum absolute atomic E-state index is 0.135. The summed E-state index contributed by atoms with van der Waals surface area (Å²) in [5.74, 6) is 1.13. The fourth-order valence-corrected chi connectivity index (χ4v) is 4.64. The standard InChI is InChI=1S/C28H26N6O2/c35-23(15-22-16-27(33-32-22)21-2-1-8-29-18-21)14-19-3-5-20(6-4-19)26-17-24-25(31-26)7-9-30-28(24)34-10-12-36-13-11-34/h1-9,16-18,31H,10-15H2,(H,32,33). The van der Waals surface area contributed by atoms with Crippen molar-refractivity contribution in [3.63, 3.8) is 0 Å². The van der Waals surface area contributed by atoms with Crippen LogP contribution in [0.1, 0.15) is 11.3 Å². The number of hydrogen-bond acceptors (Lipinski definition) is 6. The van der Waals surface area contributed by atoms with Crippen LogP contribution in [0, 0.1) is 0 Å². The van der Waals surface area contributed by atoms with Gasteiger partial charge in [0.2, 0.25) is 0 Å². The molecule has 0 amide bonds. The highest BCUT2D eigenvalue weighted by Gasteiger charge is 2.17. The molecule has 1 saturated heterocycles. The first-order valence-corrected chi connectivity index (χ1v) is 12.1. The van der Waals surface area contributed by atoms with Crippen LogP contribution in [0.2, 0.25) is 0 Å². The third kappa shape index (κ3) is 4.63. The van der Waals surface area contributed by atoms with Gasteiger partial charge in [0.05, 0.1) is 24.4 Å². The molecule has 1 fully saturated rings. The van der Waals surface area contributed by atoms with E-state index in [0.29, 0.717) is 12.8 Å². The van der Waals surface area contributed by atoms with E-state index < -0.39 is 0 Å². The Kier molecular flexibility index (Phi) is 6.01. The molecule has 1 aliphatic rings. The lowest BCUT2D eigenvalue weighted by Crippen LogP contribution is -2.36. The molecule has 8 heteroatoms. The molecule has 1 aliphatic heterocycles. The number of ether oxygens (including phenoxy) is 1. The Morgan fingerprint density at radius 1 is 0.972 bits per heavy atom. The van der Waals surface area contributed by atoms with Gasteiger partial charge in [-0.3, -0.25) is 14.9 Å². The zero-order valence-electron chi connectivity index (χ0n) is 19.8. The van der Waals surface area contributed by atoms with Crippen molar-refractivity contribution in [2.45, 2.75) is 12.8 Å². The van der Waals surface area contributed by atoms with E-state index in [1.165, 1.54) is 0 Å². The van der Waals surface area contributed by atoms with Gasteiger partial charge in [-0.05, 0) is 41.5 Å². The lowest BCUT2D eigenvalue weighted by molar-refractivity contribution is -0.117. The molecule has 180 valence electrons. The van der Waals surface area contributed by atoms with E-state index >= 15 is 0 Å². The topological polar surface area (TPSA) is 99.8 Å². The average molecular weight is 479 g/mol. The van der Waals surface area contributed by atoms with Crippen molar-refractivity contribution in [3.8, 4) is 22.5 Å². The van der Waals surface area contributed by atoms with Crippen LogP contribution in [0.4, 0.5) is 5.82 Å². The third-order valence-corrected chi connectivity index (χ3v) is 6.48. The molecule has 2 N–H and O–H groups in total. The average Bonchev–Trinajstić information content (AvgIpc) is 3.57. The molecule has 4 aromatic heterocycles. The van der Waals surface area contributed by atoms with Gasteiger partial charge in [0, 0.05) is 66.9 Å². The number of anilines is 1. The number of ketones is 1. The van der Waals surface area contributed by atoms with Crippen molar-refractivity contribution >= 4 is 22.5 Å². The van der Waals surface area contributed by atoms with E-state index in [4.69, 9.17) is 4.74 Å². The number of carbonyl (C=O) groups excluding carboxylic acids is 1. The summed E-state index contributed by atoms with van der Waals surface area (Å²) in [6.07, 6.45) is 6.02. The number of carbonyl (C=O) groups is 1. The van der Waals surface area contributed by atoms with Crippen LogP contribution in [0.5, 0.6) is 0 Å². The Hall–Kier alpha value is -4.30. The minimum Gasteiger partial charge on any atom is -0.378 e. The highest BCUT2D eigenvalue weighted by molar-refractivity contribution is 5.94. The second-order valence-corrected chi connectivity index (χ2v) is 8.99. The van der Waals surface area contributed by atoms with Crippen molar-refractivity contribution in [2.75, 3.05) is 31.2 Å². The number of fused-ring (bicyclic) bond motifs is 1. The molecule has 1 aromatic carbocycles. The van der Waals surface area contributed by atoms with Crippen LogP contribution in [-0.4, -0.2) is 57.2 Å². The first kappa shape index (κ1) is 22.2. The van der Waals surface area contributed by atoms with Gasteiger partial charge in [0.25, 0.3) is 0 Å². The Labute approximate surface area is 208 Å². The summed E-state index contributed by atoms with van der Waals surface area (Å²) in [5, 5.41) is 8.40. The van der Waals surface area contributed by atoms with Gasteiger partial charge >= 0.3 is 0 Å². The van der Waals surface area contributed by atoms with E-state index in [-0.39, 0.29) is 5.78 Å². The van der Waals surface area contributed by atoms with E-state index in [9.17, 15) is 4.79 Å². The summed E-state index contributed by atoms with van der Waals surface area (Å²) in [6.45, 7) is 3.14. The second kappa shape index (κ2) is 9.75. The predicted octanol–water partition coefficient (Wildman–Crippen LogP) is 4.21. The van der Waals surface area contributed by atoms with Gasteiger partial charge in [-0.15, -0.1) is 0 Å². The maximum Gasteiger partial charge on any atom is 0.143 e. The SMILES string of the molecule is O=C(Cc1ccc(-c2cc3c(N4CCOCC4)nccc3[nH]2)cc1)Cc1cc(-c2cccnc2)n[nH]1. The van der Waals surface area contributed by atoms with E-state index in [0.717, 1.165) is 76.8 Å². The molecule has 0 aliphatic carbocycles. The van der Waals surface area contributed by atoms with Gasteiger partial charge in [0.15, 0.2) is 0 Å².